The molecule has 2 amide bonds. The molecule has 132 valence electrons. The monoisotopic (exact) mass is 347 g/mol. The summed E-state index contributed by atoms with van der Waals surface area (Å²) in [6, 6.07) is 9.47. The quantitative estimate of drug-likeness (QED) is 0.744. The van der Waals surface area contributed by atoms with Gasteiger partial charge in [0.2, 0.25) is 0 Å². The minimum absolute atomic E-state index is 0.117. The lowest BCUT2D eigenvalue weighted by molar-refractivity contribution is 0.192. The summed E-state index contributed by atoms with van der Waals surface area (Å²) in [6.07, 6.45) is 5.95. The number of amides is 2. The molecule has 0 unspecified atom stereocenters. The van der Waals surface area contributed by atoms with Crippen molar-refractivity contribution >= 4 is 11.7 Å². The summed E-state index contributed by atoms with van der Waals surface area (Å²) < 4.78 is 0. The number of hydrogen-bond acceptors (Lipinski definition) is 3. The molecule has 0 radical (unpaired) electrons. The van der Waals surface area contributed by atoms with Gasteiger partial charge in [-0.2, -0.15) is 0 Å². The van der Waals surface area contributed by atoms with Gasteiger partial charge < -0.3 is 15.2 Å². The van der Waals surface area contributed by atoms with Gasteiger partial charge in [0.1, 0.15) is 6.04 Å². The molecule has 1 aliphatic heterocycles. The van der Waals surface area contributed by atoms with Crippen LogP contribution in [0.25, 0.3) is 0 Å². The SMILES string of the molecule is Cc1cccc(NC(=O)N2CCc3[nH]cnc3[C@@H]2c2ccncc2)c1C. The van der Waals surface area contributed by atoms with Crippen LogP contribution in [0.4, 0.5) is 10.5 Å². The zero-order valence-corrected chi connectivity index (χ0v) is 14.9. The number of aromatic amines is 1. The Hall–Kier alpha value is -3.15. The predicted octanol–water partition coefficient (Wildman–Crippen LogP) is 3.60. The summed E-state index contributed by atoms with van der Waals surface area (Å²) in [5, 5.41) is 3.08. The Morgan fingerprint density at radius 3 is 2.85 bits per heavy atom. The summed E-state index contributed by atoms with van der Waals surface area (Å²) in [5.41, 5.74) is 6.07. The van der Waals surface area contributed by atoms with Gasteiger partial charge in [0.25, 0.3) is 0 Å². The van der Waals surface area contributed by atoms with Crippen LogP contribution in [0.5, 0.6) is 0 Å². The number of nitrogens with one attached hydrogen (secondary N) is 2. The Morgan fingerprint density at radius 2 is 2.04 bits per heavy atom. The van der Waals surface area contributed by atoms with Crippen LogP contribution in [-0.4, -0.2) is 32.4 Å². The van der Waals surface area contributed by atoms with E-state index >= 15 is 0 Å². The van der Waals surface area contributed by atoms with Gasteiger partial charge in [-0.3, -0.25) is 4.98 Å². The Labute approximate surface area is 152 Å². The van der Waals surface area contributed by atoms with Crippen LogP contribution in [0.3, 0.4) is 0 Å². The van der Waals surface area contributed by atoms with Gasteiger partial charge in [0.15, 0.2) is 0 Å². The first-order valence-electron chi connectivity index (χ1n) is 8.71. The van der Waals surface area contributed by atoms with E-state index in [1.807, 2.05) is 49.1 Å². The summed E-state index contributed by atoms with van der Waals surface area (Å²) in [5.74, 6) is 0. The van der Waals surface area contributed by atoms with Gasteiger partial charge in [-0.25, -0.2) is 9.78 Å². The van der Waals surface area contributed by atoms with Crippen molar-refractivity contribution in [3.63, 3.8) is 0 Å². The van der Waals surface area contributed by atoms with Crippen molar-refractivity contribution in [1.29, 1.82) is 0 Å². The third-order valence-electron chi connectivity index (χ3n) is 5.05. The van der Waals surface area contributed by atoms with Crippen LogP contribution in [0, 0.1) is 13.8 Å². The molecule has 2 aromatic heterocycles. The van der Waals surface area contributed by atoms with E-state index in [1.54, 1.807) is 18.7 Å². The highest BCUT2D eigenvalue weighted by molar-refractivity contribution is 5.91. The van der Waals surface area contributed by atoms with E-state index in [-0.39, 0.29) is 12.1 Å². The fourth-order valence-electron chi connectivity index (χ4n) is 3.45. The first-order chi connectivity index (χ1) is 12.6. The number of hydrogen-bond donors (Lipinski definition) is 2. The lowest BCUT2D eigenvalue weighted by atomic mass is 9.97. The van der Waals surface area contributed by atoms with Crippen molar-refractivity contribution in [2.45, 2.75) is 26.3 Å². The number of nitrogens with zero attached hydrogens (tertiary/aromatic N) is 3. The molecule has 0 saturated heterocycles. The van der Waals surface area contributed by atoms with Crippen molar-refractivity contribution < 1.29 is 4.79 Å². The molecule has 0 bridgehead atoms. The second-order valence-corrected chi connectivity index (χ2v) is 6.57. The summed E-state index contributed by atoms with van der Waals surface area (Å²) >= 11 is 0. The number of benzene rings is 1. The van der Waals surface area contributed by atoms with E-state index in [9.17, 15) is 4.79 Å². The Morgan fingerprint density at radius 1 is 1.23 bits per heavy atom. The summed E-state index contributed by atoms with van der Waals surface area (Å²) in [6.45, 7) is 4.69. The Bertz CT molecular complexity index is 934. The molecule has 6 nitrogen and oxygen atoms in total. The van der Waals surface area contributed by atoms with Gasteiger partial charge in [0.05, 0.1) is 12.0 Å². The van der Waals surface area contributed by atoms with Gasteiger partial charge >= 0.3 is 6.03 Å². The standard InChI is InChI=1S/C20H21N5O/c1-13-4-3-5-16(14(13)2)24-20(26)25-11-8-17-18(23-12-22-17)19(25)15-6-9-21-10-7-15/h3-7,9-10,12,19H,8,11H2,1-2H3,(H,22,23)(H,24,26)/t19-/m0/s1. The van der Waals surface area contributed by atoms with Gasteiger partial charge in [-0.1, -0.05) is 12.1 Å². The third kappa shape index (κ3) is 2.83. The van der Waals surface area contributed by atoms with Crippen molar-refractivity contribution in [3.05, 3.63) is 77.1 Å². The average Bonchev–Trinajstić information content (AvgIpc) is 3.14. The van der Waals surface area contributed by atoms with E-state index in [4.69, 9.17) is 0 Å². The molecule has 3 heterocycles. The van der Waals surface area contributed by atoms with Crippen molar-refractivity contribution in [1.82, 2.24) is 19.9 Å². The predicted molar refractivity (Wildman–Crippen MR) is 100 cm³/mol. The maximum Gasteiger partial charge on any atom is 0.322 e. The summed E-state index contributed by atoms with van der Waals surface area (Å²) in [7, 11) is 0. The lowest BCUT2D eigenvalue weighted by Crippen LogP contribution is -2.43. The summed E-state index contributed by atoms with van der Waals surface area (Å²) in [4.78, 5) is 26.7. The Balaban J connectivity index is 1.68. The third-order valence-corrected chi connectivity index (χ3v) is 5.05. The highest BCUT2D eigenvalue weighted by Gasteiger charge is 2.34. The number of imidazole rings is 1. The van der Waals surface area contributed by atoms with Crippen LogP contribution in [-0.2, 0) is 6.42 Å². The van der Waals surface area contributed by atoms with Gasteiger partial charge in [-0.05, 0) is 48.7 Å². The van der Waals surface area contributed by atoms with Crippen LogP contribution in [0.1, 0.15) is 34.1 Å². The largest absolute Gasteiger partial charge is 0.348 e. The second-order valence-electron chi connectivity index (χ2n) is 6.57. The van der Waals surface area contributed by atoms with Crippen molar-refractivity contribution in [2.75, 3.05) is 11.9 Å². The average molecular weight is 347 g/mol. The normalized spacial score (nSPS) is 16.2. The second kappa shape index (κ2) is 6.63. The number of urea groups is 1. The minimum atomic E-state index is -0.224. The Kier molecular flexibility index (Phi) is 4.16. The molecule has 26 heavy (non-hydrogen) atoms. The number of H-pyrrole nitrogens is 1. The number of fused-ring (bicyclic) bond motifs is 1. The van der Waals surface area contributed by atoms with Crippen molar-refractivity contribution in [2.24, 2.45) is 0 Å². The smallest absolute Gasteiger partial charge is 0.322 e. The van der Waals surface area contributed by atoms with E-state index in [2.05, 4.69) is 20.3 Å². The first-order valence-corrected chi connectivity index (χ1v) is 8.71. The van der Waals surface area contributed by atoms with Crippen LogP contribution in [0.2, 0.25) is 0 Å². The first kappa shape index (κ1) is 16.3. The zero-order valence-electron chi connectivity index (χ0n) is 14.9. The maximum atomic E-state index is 13.1. The fraction of sp³-hybridized carbons (Fsp3) is 0.250. The highest BCUT2D eigenvalue weighted by atomic mass is 16.2. The number of aryl methyl sites for hydroxylation is 1. The lowest BCUT2D eigenvalue weighted by Gasteiger charge is -2.35. The maximum absolute atomic E-state index is 13.1. The molecule has 1 aromatic carbocycles. The minimum Gasteiger partial charge on any atom is -0.348 e. The molecule has 1 aliphatic rings. The van der Waals surface area contributed by atoms with Crippen LogP contribution >= 0.6 is 0 Å². The molecule has 0 fully saturated rings. The van der Waals surface area contributed by atoms with E-state index in [0.717, 1.165) is 40.2 Å². The molecule has 1 atom stereocenters. The molecular formula is C20H21N5O. The van der Waals surface area contributed by atoms with Crippen molar-refractivity contribution in [3.8, 4) is 0 Å². The van der Waals surface area contributed by atoms with E-state index in [1.165, 1.54) is 0 Å². The number of carbonyl (C=O) groups excluding carboxylic acids is 1. The fourth-order valence-corrected chi connectivity index (χ4v) is 3.45. The van der Waals surface area contributed by atoms with Gasteiger partial charge in [-0.15, -0.1) is 0 Å². The molecule has 4 rings (SSSR count). The number of aromatic nitrogens is 3. The van der Waals surface area contributed by atoms with Crippen LogP contribution < -0.4 is 5.32 Å². The number of carbonyl (C=O) groups is 1. The van der Waals surface area contributed by atoms with E-state index < -0.39 is 0 Å². The number of anilines is 1. The van der Waals surface area contributed by atoms with Crippen LogP contribution in [0.15, 0.2) is 49.1 Å². The highest BCUT2D eigenvalue weighted by Crippen LogP contribution is 2.33. The van der Waals surface area contributed by atoms with E-state index in [0.29, 0.717) is 6.54 Å². The molecule has 6 heteroatoms. The van der Waals surface area contributed by atoms with Gasteiger partial charge in [0, 0.05) is 36.7 Å². The topological polar surface area (TPSA) is 73.9 Å². The molecule has 3 aromatic rings. The molecule has 0 spiro atoms. The molecule has 2 N–H and O–H groups in total. The molecular weight excluding hydrogens is 326 g/mol. The zero-order chi connectivity index (χ0) is 18.1. The molecule has 0 saturated carbocycles. The number of pyridine rings is 1. The molecule has 0 aliphatic carbocycles. The number of rotatable bonds is 2.